The van der Waals surface area contributed by atoms with Gasteiger partial charge in [-0.2, -0.15) is 0 Å². The van der Waals surface area contributed by atoms with Crippen LogP contribution in [0.25, 0.3) is 10.1 Å². The summed E-state index contributed by atoms with van der Waals surface area (Å²) in [6.07, 6.45) is 1.72. The summed E-state index contributed by atoms with van der Waals surface area (Å²) >= 11 is 7.84. The topological polar surface area (TPSA) is 45.2 Å². The van der Waals surface area contributed by atoms with Crippen molar-refractivity contribution in [2.24, 2.45) is 0 Å². The van der Waals surface area contributed by atoms with E-state index >= 15 is 0 Å². The van der Waals surface area contributed by atoms with Crippen LogP contribution in [-0.4, -0.2) is 23.0 Å². The van der Waals surface area contributed by atoms with Gasteiger partial charge < -0.3 is 4.90 Å². The fourth-order valence-corrected chi connectivity index (χ4v) is 3.65. The molecule has 23 heavy (non-hydrogen) atoms. The Morgan fingerprint density at radius 2 is 2.00 bits per heavy atom. The van der Waals surface area contributed by atoms with Gasteiger partial charge in [-0.05, 0) is 25.1 Å². The summed E-state index contributed by atoms with van der Waals surface area (Å²) in [5.74, 6) is 0. The first-order chi connectivity index (χ1) is 11.1. The van der Waals surface area contributed by atoms with Crippen molar-refractivity contribution in [2.45, 2.75) is 13.0 Å². The molecular formula is C17H16ClN3OS. The molecular weight excluding hydrogens is 330 g/mol. The number of pyridine rings is 1. The van der Waals surface area contributed by atoms with Crippen molar-refractivity contribution in [2.75, 3.05) is 12.4 Å². The van der Waals surface area contributed by atoms with Gasteiger partial charge in [-0.25, -0.2) is 4.79 Å². The fourth-order valence-electron chi connectivity index (χ4n) is 2.28. The molecule has 0 aliphatic rings. The zero-order chi connectivity index (χ0) is 16.4. The Morgan fingerprint density at radius 1 is 1.26 bits per heavy atom. The minimum atomic E-state index is -0.211. The Balaban J connectivity index is 1.79. The lowest BCUT2D eigenvalue weighted by molar-refractivity contribution is 0.207. The van der Waals surface area contributed by atoms with E-state index < -0.39 is 0 Å². The summed E-state index contributed by atoms with van der Waals surface area (Å²) in [4.78, 5) is 18.4. The molecule has 0 unspecified atom stereocenters. The molecule has 2 heterocycles. The number of urea groups is 1. The van der Waals surface area contributed by atoms with Gasteiger partial charge in [0.05, 0.1) is 16.8 Å². The fraction of sp³-hybridized carbons (Fsp3) is 0.176. The number of halogens is 1. The molecule has 0 spiro atoms. The SMILES string of the molecule is C[C@@H](c1ccccn1)N(C)C(=O)Nc1sc2ccccc2c1Cl. The molecule has 118 valence electrons. The quantitative estimate of drug-likeness (QED) is 0.711. The molecule has 2 amide bonds. The number of amides is 2. The molecule has 0 radical (unpaired) electrons. The minimum Gasteiger partial charge on any atom is -0.319 e. The number of carbonyl (C=O) groups is 1. The molecule has 6 heteroatoms. The molecule has 0 aliphatic carbocycles. The average molecular weight is 346 g/mol. The van der Waals surface area contributed by atoms with Crippen molar-refractivity contribution in [3.8, 4) is 0 Å². The van der Waals surface area contributed by atoms with Gasteiger partial charge in [-0.3, -0.25) is 10.3 Å². The molecule has 0 saturated carbocycles. The summed E-state index contributed by atoms with van der Waals surface area (Å²) in [5.41, 5.74) is 0.840. The highest BCUT2D eigenvalue weighted by atomic mass is 35.5. The second-order valence-electron chi connectivity index (χ2n) is 5.21. The highest BCUT2D eigenvalue weighted by Crippen LogP contribution is 2.39. The van der Waals surface area contributed by atoms with E-state index in [9.17, 15) is 4.79 Å². The van der Waals surface area contributed by atoms with Crippen molar-refractivity contribution in [3.63, 3.8) is 0 Å². The number of anilines is 1. The molecule has 2 aromatic heterocycles. The molecule has 1 aromatic carbocycles. The van der Waals surface area contributed by atoms with E-state index in [1.165, 1.54) is 11.3 Å². The third-order valence-electron chi connectivity index (χ3n) is 3.77. The predicted molar refractivity (Wildman–Crippen MR) is 96.3 cm³/mol. The number of hydrogen-bond donors (Lipinski definition) is 1. The molecule has 0 aliphatic heterocycles. The molecule has 1 atom stereocenters. The highest BCUT2D eigenvalue weighted by molar-refractivity contribution is 7.23. The maximum atomic E-state index is 12.5. The van der Waals surface area contributed by atoms with E-state index in [-0.39, 0.29) is 12.1 Å². The van der Waals surface area contributed by atoms with E-state index in [0.29, 0.717) is 10.0 Å². The molecule has 0 saturated heterocycles. The third-order valence-corrected chi connectivity index (χ3v) is 5.36. The van der Waals surface area contributed by atoms with Gasteiger partial charge in [0.25, 0.3) is 0 Å². The lowest BCUT2D eigenvalue weighted by Crippen LogP contribution is -2.33. The van der Waals surface area contributed by atoms with E-state index in [0.717, 1.165) is 15.8 Å². The average Bonchev–Trinajstić information content (AvgIpc) is 2.90. The molecule has 4 nitrogen and oxygen atoms in total. The lowest BCUT2D eigenvalue weighted by atomic mass is 10.2. The highest BCUT2D eigenvalue weighted by Gasteiger charge is 2.20. The predicted octanol–water partition coefficient (Wildman–Crippen LogP) is 5.17. The van der Waals surface area contributed by atoms with Crippen molar-refractivity contribution in [1.82, 2.24) is 9.88 Å². The van der Waals surface area contributed by atoms with Crippen LogP contribution >= 0.6 is 22.9 Å². The minimum absolute atomic E-state index is 0.135. The van der Waals surface area contributed by atoms with Gasteiger partial charge in [-0.15, -0.1) is 11.3 Å². The Labute approximate surface area is 143 Å². The van der Waals surface area contributed by atoms with Gasteiger partial charge in [0, 0.05) is 23.3 Å². The maximum absolute atomic E-state index is 12.5. The normalized spacial score (nSPS) is 12.1. The number of aromatic nitrogens is 1. The van der Waals surface area contributed by atoms with Crippen LogP contribution in [0.1, 0.15) is 18.7 Å². The van der Waals surface area contributed by atoms with Crippen LogP contribution in [0.4, 0.5) is 9.80 Å². The van der Waals surface area contributed by atoms with Crippen molar-refractivity contribution in [1.29, 1.82) is 0 Å². The molecule has 0 fully saturated rings. The van der Waals surface area contributed by atoms with Gasteiger partial charge in [0.2, 0.25) is 0 Å². The van der Waals surface area contributed by atoms with Gasteiger partial charge >= 0.3 is 6.03 Å². The number of benzene rings is 1. The smallest absolute Gasteiger partial charge is 0.319 e. The Kier molecular flexibility index (Phi) is 4.50. The van der Waals surface area contributed by atoms with Crippen LogP contribution in [0.2, 0.25) is 5.02 Å². The first-order valence-corrected chi connectivity index (χ1v) is 8.39. The number of hydrogen-bond acceptors (Lipinski definition) is 3. The number of nitrogens with one attached hydrogen (secondary N) is 1. The second kappa shape index (κ2) is 6.56. The summed E-state index contributed by atoms with van der Waals surface area (Å²) in [6, 6.07) is 13.1. The van der Waals surface area contributed by atoms with Crippen LogP contribution in [0, 0.1) is 0 Å². The Hall–Kier alpha value is -2.11. The Bertz CT molecular complexity index is 834. The van der Waals surface area contributed by atoms with E-state index in [2.05, 4.69) is 10.3 Å². The summed E-state index contributed by atoms with van der Waals surface area (Å²) in [7, 11) is 1.75. The standard InChI is InChI=1S/C17H16ClN3OS/c1-11(13-8-5-6-10-19-13)21(2)17(22)20-16-15(18)12-7-3-4-9-14(12)23-16/h3-11H,1-2H3,(H,20,22)/t11-/m0/s1. The van der Waals surface area contributed by atoms with Crippen molar-refractivity contribution < 1.29 is 4.79 Å². The van der Waals surface area contributed by atoms with Crippen LogP contribution < -0.4 is 5.32 Å². The van der Waals surface area contributed by atoms with Crippen LogP contribution in [0.5, 0.6) is 0 Å². The van der Waals surface area contributed by atoms with Gasteiger partial charge in [0.1, 0.15) is 5.00 Å². The van der Waals surface area contributed by atoms with E-state index in [1.54, 1.807) is 18.1 Å². The molecule has 3 aromatic rings. The van der Waals surface area contributed by atoms with Gasteiger partial charge in [0.15, 0.2) is 0 Å². The van der Waals surface area contributed by atoms with Crippen LogP contribution in [0.15, 0.2) is 48.7 Å². The third kappa shape index (κ3) is 3.16. The van der Waals surface area contributed by atoms with Crippen molar-refractivity contribution in [3.05, 3.63) is 59.4 Å². The first kappa shape index (κ1) is 15.8. The van der Waals surface area contributed by atoms with Crippen LogP contribution in [0.3, 0.4) is 0 Å². The lowest BCUT2D eigenvalue weighted by Gasteiger charge is -2.24. The number of carbonyl (C=O) groups excluding carboxylic acids is 1. The molecule has 3 rings (SSSR count). The zero-order valence-electron chi connectivity index (χ0n) is 12.8. The second-order valence-corrected chi connectivity index (χ2v) is 6.64. The van der Waals surface area contributed by atoms with E-state index in [1.807, 2.05) is 49.4 Å². The summed E-state index contributed by atoms with van der Waals surface area (Å²) in [5, 5.41) is 5.10. The van der Waals surface area contributed by atoms with Gasteiger partial charge in [-0.1, -0.05) is 35.9 Å². The zero-order valence-corrected chi connectivity index (χ0v) is 14.4. The van der Waals surface area contributed by atoms with E-state index in [4.69, 9.17) is 11.6 Å². The van der Waals surface area contributed by atoms with Crippen LogP contribution in [-0.2, 0) is 0 Å². The number of nitrogens with zero attached hydrogens (tertiary/aromatic N) is 2. The largest absolute Gasteiger partial charge is 0.322 e. The molecule has 0 bridgehead atoms. The first-order valence-electron chi connectivity index (χ1n) is 7.19. The summed E-state index contributed by atoms with van der Waals surface area (Å²) in [6.45, 7) is 1.94. The number of thiophene rings is 1. The Morgan fingerprint density at radius 3 is 2.70 bits per heavy atom. The van der Waals surface area contributed by atoms with Crippen molar-refractivity contribution >= 4 is 44.1 Å². The molecule has 1 N–H and O–H groups in total. The maximum Gasteiger partial charge on any atom is 0.322 e. The monoisotopic (exact) mass is 345 g/mol. The number of rotatable bonds is 3. The number of fused-ring (bicyclic) bond motifs is 1. The summed E-state index contributed by atoms with van der Waals surface area (Å²) < 4.78 is 1.05.